The second-order valence-electron chi connectivity index (χ2n) is 6.24. The van der Waals surface area contributed by atoms with Crippen LogP contribution in [0.25, 0.3) is 0 Å². The van der Waals surface area contributed by atoms with Crippen LogP contribution < -0.4 is 16.8 Å². The molecule has 2 atom stereocenters. The first kappa shape index (κ1) is 24.8. The van der Waals surface area contributed by atoms with E-state index in [1.807, 2.05) is 13.8 Å². The van der Waals surface area contributed by atoms with Crippen molar-refractivity contribution >= 4 is 23.7 Å². The number of rotatable bonds is 11. The van der Waals surface area contributed by atoms with Crippen molar-refractivity contribution in [1.29, 1.82) is 0 Å². The van der Waals surface area contributed by atoms with Gasteiger partial charge in [0, 0.05) is 19.4 Å². The quantitative estimate of drug-likeness (QED) is 0.338. The highest BCUT2D eigenvalue weighted by molar-refractivity contribution is 5.87. The van der Waals surface area contributed by atoms with E-state index < -0.39 is 5.91 Å². The summed E-state index contributed by atoms with van der Waals surface area (Å²) < 4.78 is 4.76. The Kier molecular flexibility index (Phi) is 12.8. The van der Waals surface area contributed by atoms with Crippen LogP contribution in [0.2, 0.25) is 0 Å². The van der Waals surface area contributed by atoms with E-state index in [2.05, 4.69) is 5.32 Å². The van der Waals surface area contributed by atoms with Crippen molar-refractivity contribution in [2.45, 2.75) is 71.4 Å². The molecule has 156 valence electrons. The standard InChI is InChI=1S/C10H20N2O3.C8H14N2O2/c1-3-8(10(11)14)12-7-5-6-9(13)15-4-2;1-2-6(8(9)12)10-5-3-4-7(10)11/h8,12H,3-7H2,1-2H3,(H2,11,14);6H,2-5H2,1H3,(H2,9,12)/t8-;6-/m11/s1. The molecule has 1 aliphatic rings. The van der Waals surface area contributed by atoms with Gasteiger partial charge in [0.2, 0.25) is 17.7 Å². The van der Waals surface area contributed by atoms with Crippen molar-refractivity contribution in [3.63, 3.8) is 0 Å². The van der Waals surface area contributed by atoms with E-state index in [9.17, 15) is 19.2 Å². The second-order valence-corrected chi connectivity index (χ2v) is 6.24. The lowest BCUT2D eigenvalue weighted by Gasteiger charge is -2.23. The molecule has 0 aliphatic carbocycles. The number of carbonyl (C=O) groups is 4. The summed E-state index contributed by atoms with van der Waals surface area (Å²) in [5.41, 5.74) is 10.3. The molecule has 0 spiro atoms. The number of hydrogen-bond donors (Lipinski definition) is 3. The number of primary amides is 2. The maximum Gasteiger partial charge on any atom is 0.305 e. The fourth-order valence-corrected chi connectivity index (χ4v) is 2.76. The summed E-state index contributed by atoms with van der Waals surface area (Å²) in [6.45, 7) is 7.21. The number of nitrogens with one attached hydrogen (secondary N) is 1. The molecule has 0 aromatic rings. The zero-order chi connectivity index (χ0) is 20.8. The third-order valence-electron chi connectivity index (χ3n) is 4.21. The molecular formula is C18H34N4O5. The smallest absolute Gasteiger partial charge is 0.305 e. The first-order valence-corrected chi connectivity index (χ1v) is 9.55. The SMILES string of the molecule is CCOC(=O)CCCN[C@H](CC)C(N)=O.CC[C@H](C(N)=O)N1CCCC1=O. The van der Waals surface area contributed by atoms with Crippen molar-refractivity contribution in [2.75, 3.05) is 19.7 Å². The van der Waals surface area contributed by atoms with Gasteiger partial charge in [0.05, 0.1) is 12.6 Å². The van der Waals surface area contributed by atoms with Crippen LogP contribution in [0, 0.1) is 0 Å². The summed E-state index contributed by atoms with van der Waals surface area (Å²) in [6, 6.07) is -0.688. The van der Waals surface area contributed by atoms with Crippen LogP contribution >= 0.6 is 0 Å². The molecule has 9 heteroatoms. The third-order valence-corrected chi connectivity index (χ3v) is 4.21. The number of esters is 1. The number of hydrogen-bond acceptors (Lipinski definition) is 6. The molecule has 1 fully saturated rings. The largest absolute Gasteiger partial charge is 0.466 e. The van der Waals surface area contributed by atoms with Gasteiger partial charge in [0.1, 0.15) is 6.04 Å². The highest BCUT2D eigenvalue weighted by Crippen LogP contribution is 2.15. The van der Waals surface area contributed by atoms with E-state index in [-0.39, 0.29) is 29.9 Å². The first-order chi connectivity index (χ1) is 12.8. The monoisotopic (exact) mass is 386 g/mol. The minimum atomic E-state index is -0.396. The number of carbonyl (C=O) groups excluding carboxylic acids is 4. The van der Waals surface area contributed by atoms with Crippen LogP contribution in [-0.4, -0.2) is 60.4 Å². The number of ether oxygens (including phenoxy) is 1. The minimum absolute atomic E-state index is 0.0562. The Morgan fingerprint density at radius 3 is 2.22 bits per heavy atom. The fraction of sp³-hybridized carbons (Fsp3) is 0.778. The van der Waals surface area contributed by atoms with E-state index in [1.54, 1.807) is 11.8 Å². The van der Waals surface area contributed by atoms with Crippen LogP contribution in [0.1, 0.15) is 59.3 Å². The number of nitrogens with zero attached hydrogens (tertiary/aromatic N) is 1. The fourth-order valence-electron chi connectivity index (χ4n) is 2.76. The molecule has 0 aromatic heterocycles. The number of likely N-dealkylation sites (tertiary alicyclic amines) is 1. The van der Waals surface area contributed by atoms with Gasteiger partial charge in [0.25, 0.3) is 0 Å². The molecule has 0 radical (unpaired) electrons. The van der Waals surface area contributed by atoms with Crippen molar-refractivity contribution in [1.82, 2.24) is 10.2 Å². The Morgan fingerprint density at radius 2 is 1.81 bits per heavy atom. The Bertz CT molecular complexity index is 498. The third kappa shape index (κ3) is 9.93. The average molecular weight is 386 g/mol. The summed E-state index contributed by atoms with van der Waals surface area (Å²) in [4.78, 5) is 45.5. The lowest BCUT2D eigenvalue weighted by atomic mass is 10.2. The van der Waals surface area contributed by atoms with Gasteiger partial charge in [-0.3, -0.25) is 19.2 Å². The highest BCUT2D eigenvalue weighted by atomic mass is 16.5. The van der Waals surface area contributed by atoms with Gasteiger partial charge >= 0.3 is 5.97 Å². The molecule has 1 rings (SSSR count). The molecule has 0 bridgehead atoms. The lowest BCUT2D eigenvalue weighted by Crippen LogP contribution is -2.44. The Morgan fingerprint density at radius 1 is 1.15 bits per heavy atom. The minimum Gasteiger partial charge on any atom is -0.466 e. The lowest BCUT2D eigenvalue weighted by molar-refractivity contribution is -0.143. The number of amides is 3. The molecule has 0 aromatic carbocycles. The van der Waals surface area contributed by atoms with Crippen LogP contribution in [0.15, 0.2) is 0 Å². The molecule has 0 unspecified atom stereocenters. The zero-order valence-corrected chi connectivity index (χ0v) is 16.7. The maximum atomic E-state index is 11.2. The van der Waals surface area contributed by atoms with Gasteiger partial charge < -0.3 is 26.4 Å². The predicted molar refractivity (Wildman–Crippen MR) is 101 cm³/mol. The van der Waals surface area contributed by atoms with E-state index >= 15 is 0 Å². The van der Waals surface area contributed by atoms with Gasteiger partial charge in [0.15, 0.2) is 0 Å². The van der Waals surface area contributed by atoms with Crippen LogP contribution in [0.3, 0.4) is 0 Å². The molecule has 1 saturated heterocycles. The highest BCUT2D eigenvalue weighted by Gasteiger charge is 2.29. The Balaban J connectivity index is 0.000000511. The van der Waals surface area contributed by atoms with Crippen LogP contribution in [0.5, 0.6) is 0 Å². The maximum absolute atomic E-state index is 11.2. The molecule has 1 aliphatic heterocycles. The van der Waals surface area contributed by atoms with Crippen molar-refractivity contribution in [2.24, 2.45) is 11.5 Å². The molecule has 5 N–H and O–H groups in total. The average Bonchev–Trinajstić information content (AvgIpc) is 3.01. The molecule has 0 saturated carbocycles. The molecule has 27 heavy (non-hydrogen) atoms. The molecule has 3 amide bonds. The molecular weight excluding hydrogens is 352 g/mol. The zero-order valence-electron chi connectivity index (χ0n) is 16.7. The Hall–Kier alpha value is -2.16. The normalized spacial score (nSPS) is 15.5. The van der Waals surface area contributed by atoms with Crippen LogP contribution in [0.4, 0.5) is 0 Å². The van der Waals surface area contributed by atoms with Gasteiger partial charge in [-0.05, 0) is 39.2 Å². The number of nitrogens with two attached hydrogens (primary N) is 2. The van der Waals surface area contributed by atoms with E-state index in [0.717, 1.165) is 6.42 Å². The van der Waals surface area contributed by atoms with Gasteiger partial charge in [-0.25, -0.2) is 0 Å². The van der Waals surface area contributed by atoms with E-state index in [1.165, 1.54) is 0 Å². The van der Waals surface area contributed by atoms with Gasteiger partial charge in [-0.15, -0.1) is 0 Å². The summed E-state index contributed by atoms with van der Waals surface area (Å²) in [6.07, 6.45) is 3.71. The summed E-state index contributed by atoms with van der Waals surface area (Å²) in [5.74, 6) is -0.895. The van der Waals surface area contributed by atoms with Crippen molar-refractivity contribution in [3.05, 3.63) is 0 Å². The summed E-state index contributed by atoms with van der Waals surface area (Å²) in [5, 5.41) is 2.98. The summed E-state index contributed by atoms with van der Waals surface area (Å²) >= 11 is 0. The van der Waals surface area contributed by atoms with Crippen LogP contribution in [-0.2, 0) is 23.9 Å². The van der Waals surface area contributed by atoms with E-state index in [0.29, 0.717) is 51.8 Å². The van der Waals surface area contributed by atoms with Gasteiger partial charge in [-0.2, -0.15) is 0 Å². The van der Waals surface area contributed by atoms with E-state index in [4.69, 9.17) is 16.2 Å². The van der Waals surface area contributed by atoms with Crippen molar-refractivity contribution < 1.29 is 23.9 Å². The van der Waals surface area contributed by atoms with Gasteiger partial charge in [-0.1, -0.05) is 13.8 Å². The molecule has 1 heterocycles. The van der Waals surface area contributed by atoms with Crippen molar-refractivity contribution in [3.8, 4) is 0 Å². The summed E-state index contributed by atoms with van der Waals surface area (Å²) in [7, 11) is 0. The predicted octanol–water partition coefficient (Wildman–Crippen LogP) is 0.0559. The Labute approximate surface area is 161 Å². The topological polar surface area (TPSA) is 145 Å². The molecule has 9 nitrogen and oxygen atoms in total. The second kappa shape index (κ2) is 14.0. The first-order valence-electron chi connectivity index (χ1n) is 9.55.